The molecule has 1 aliphatic heterocycles. The third-order valence-corrected chi connectivity index (χ3v) is 5.30. The first-order valence-electron chi connectivity index (χ1n) is 9.53. The molecule has 1 aromatic heterocycles. The number of amides is 1. The van der Waals surface area contributed by atoms with Crippen molar-refractivity contribution in [1.82, 2.24) is 15.2 Å². The van der Waals surface area contributed by atoms with Crippen molar-refractivity contribution < 1.29 is 9.53 Å². The van der Waals surface area contributed by atoms with Gasteiger partial charge in [-0.1, -0.05) is 23.2 Å². The Kier molecular flexibility index (Phi) is 7.16. The number of pyridine rings is 1. The van der Waals surface area contributed by atoms with Crippen molar-refractivity contribution in [3.63, 3.8) is 0 Å². The molecule has 2 aromatic rings. The van der Waals surface area contributed by atoms with Crippen LogP contribution in [0.3, 0.4) is 0 Å². The predicted octanol–water partition coefficient (Wildman–Crippen LogP) is 5.03. The van der Waals surface area contributed by atoms with Crippen LogP contribution in [0.2, 0.25) is 10.0 Å². The summed E-state index contributed by atoms with van der Waals surface area (Å²) >= 11 is 12.0. The Bertz CT molecular complexity index is 809. The molecule has 0 radical (unpaired) electrons. The molecule has 28 heavy (non-hydrogen) atoms. The van der Waals surface area contributed by atoms with E-state index >= 15 is 0 Å². The van der Waals surface area contributed by atoms with Gasteiger partial charge in [-0.25, -0.2) is 0 Å². The molecule has 0 aliphatic carbocycles. The van der Waals surface area contributed by atoms with Crippen molar-refractivity contribution in [1.29, 1.82) is 0 Å². The zero-order valence-electron chi connectivity index (χ0n) is 16.1. The molecule has 0 unspecified atom stereocenters. The summed E-state index contributed by atoms with van der Waals surface area (Å²) in [6.45, 7) is 7.23. The normalized spacial score (nSPS) is 17.5. The van der Waals surface area contributed by atoms with Gasteiger partial charge in [0.1, 0.15) is 17.2 Å². The summed E-state index contributed by atoms with van der Waals surface area (Å²) in [5, 5.41) is 3.98. The first-order valence-corrected chi connectivity index (χ1v) is 10.3. The molecule has 1 saturated heterocycles. The van der Waals surface area contributed by atoms with Crippen molar-refractivity contribution >= 4 is 29.1 Å². The van der Waals surface area contributed by atoms with Crippen LogP contribution >= 0.6 is 23.2 Å². The second-order valence-electron chi connectivity index (χ2n) is 7.39. The van der Waals surface area contributed by atoms with Gasteiger partial charge in [0.2, 0.25) is 0 Å². The van der Waals surface area contributed by atoms with Gasteiger partial charge < -0.3 is 15.0 Å². The SMILES string of the molecule is CC(C)N1CCC[C@H](CNC(=O)c2cc(Oc3cc(Cl)cc(Cl)c3)ccn2)C1. The van der Waals surface area contributed by atoms with Crippen molar-refractivity contribution in [3.8, 4) is 11.5 Å². The second-order valence-corrected chi connectivity index (χ2v) is 8.26. The number of carbonyl (C=O) groups excluding carboxylic acids is 1. The molecule has 1 atom stereocenters. The van der Waals surface area contributed by atoms with E-state index in [9.17, 15) is 4.79 Å². The van der Waals surface area contributed by atoms with Crippen LogP contribution in [0.4, 0.5) is 0 Å². The molecule has 5 nitrogen and oxygen atoms in total. The van der Waals surface area contributed by atoms with E-state index in [1.54, 1.807) is 36.5 Å². The summed E-state index contributed by atoms with van der Waals surface area (Å²) in [7, 11) is 0. The van der Waals surface area contributed by atoms with Crippen molar-refractivity contribution in [2.45, 2.75) is 32.7 Å². The molecular weight excluding hydrogens is 397 g/mol. The minimum atomic E-state index is -0.198. The Balaban J connectivity index is 1.59. The summed E-state index contributed by atoms with van der Waals surface area (Å²) in [6.07, 6.45) is 3.86. The molecule has 150 valence electrons. The van der Waals surface area contributed by atoms with Gasteiger partial charge in [0, 0.05) is 41.4 Å². The number of piperidine rings is 1. The van der Waals surface area contributed by atoms with Crippen molar-refractivity contribution in [2.75, 3.05) is 19.6 Å². The highest BCUT2D eigenvalue weighted by molar-refractivity contribution is 6.34. The lowest BCUT2D eigenvalue weighted by Gasteiger charge is -2.35. The number of aromatic nitrogens is 1. The van der Waals surface area contributed by atoms with E-state index in [1.807, 2.05) is 0 Å². The second kappa shape index (κ2) is 9.59. The third kappa shape index (κ3) is 5.84. The smallest absolute Gasteiger partial charge is 0.270 e. The third-order valence-electron chi connectivity index (χ3n) is 4.87. The Labute approximate surface area is 176 Å². The predicted molar refractivity (Wildman–Crippen MR) is 113 cm³/mol. The van der Waals surface area contributed by atoms with Crippen LogP contribution in [-0.2, 0) is 0 Å². The molecule has 2 heterocycles. The van der Waals surface area contributed by atoms with Crippen LogP contribution < -0.4 is 10.1 Å². The zero-order chi connectivity index (χ0) is 20.1. The average Bonchev–Trinajstić information content (AvgIpc) is 2.65. The van der Waals surface area contributed by atoms with Crippen LogP contribution in [0.15, 0.2) is 36.5 Å². The number of carbonyl (C=O) groups is 1. The summed E-state index contributed by atoms with van der Waals surface area (Å²) in [4.78, 5) is 19.2. The Hall–Kier alpha value is -1.82. The number of nitrogens with zero attached hydrogens (tertiary/aromatic N) is 2. The molecule has 1 aliphatic rings. The fraction of sp³-hybridized carbons (Fsp3) is 0.429. The fourth-order valence-electron chi connectivity index (χ4n) is 3.38. The number of nitrogens with one attached hydrogen (secondary N) is 1. The molecule has 7 heteroatoms. The number of ether oxygens (including phenoxy) is 1. The van der Waals surface area contributed by atoms with Gasteiger partial charge in [0.05, 0.1) is 0 Å². The first kappa shape index (κ1) is 20.9. The van der Waals surface area contributed by atoms with Gasteiger partial charge in [0.25, 0.3) is 5.91 Å². The monoisotopic (exact) mass is 421 g/mol. The quantitative estimate of drug-likeness (QED) is 0.710. The van der Waals surface area contributed by atoms with Crippen LogP contribution in [0.1, 0.15) is 37.2 Å². The Morgan fingerprint density at radius 1 is 1.25 bits per heavy atom. The molecule has 3 rings (SSSR count). The molecule has 1 N–H and O–H groups in total. The number of rotatable bonds is 6. The molecule has 0 spiro atoms. The van der Waals surface area contributed by atoms with Crippen LogP contribution in [0.5, 0.6) is 11.5 Å². The highest BCUT2D eigenvalue weighted by atomic mass is 35.5. The fourth-order valence-corrected chi connectivity index (χ4v) is 3.89. The Morgan fingerprint density at radius 2 is 2.00 bits per heavy atom. The average molecular weight is 422 g/mol. The highest BCUT2D eigenvalue weighted by Crippen LogP contribution is 2.28. The minimum absolute atomic E-state index is 0.198. The van der Waals surface area contributed by atoms with E-state index in [-0.39, 0.29) is 5.91 Å². The van der Waals surface area contributed by atoms with Gasteiger partial charge in [-0.05, 0) is 63.4 Å². The van der Waals surface area contributed by atoms with Crippen LogP contribution in [0, 0.1) is 5.92 Å². The first-order chi connectivity index (χ1) is 13.4. The minimum Gasteiger partial charge on any atom is -0.457 e. The van der Waals surface area contributed by atoms with Gasteiger partial charge in [-0.3, -0.25) is 9.78 Å². The summed E-state index contributed by atoms with van der Waals surface area (Å²) in [5.41, 5.74) is 0.321. The van der Waals surface area contributed by atoms with Crippen molar-refractivity contribution in [2.24, 2.45) is 5.92 Å². The topological polar surface area (TPSA) is 54.5 Å². The maximum atomic E-state index is 12.5. The zero-order valence-corrected chi connectivity index (χ0v) is 17.6. The Morgan fingerprint density at radius 3 is 2.71 bits per heavy atom. The van der Waals surface area contributed by atoms with Gasteiger partial charge in [-0.2, -0.15) is 0 Å². The summed E-state index contributed by atoms with van der Waals surface area (Å²) in [6, 6.07) is 8.80. The van der Waals surface area contributed by atoms with Crippen LogP contribution in [0.25, 0.3) is 0 Å². The van der Waals surface area contributed by atoms with Crippen LogP contribution in [-0.4, -0.2) is 41.5 Å². The molecular formula is C21H25Cl2N3O2. The molecule has 0 bridgehead atoms. The molecule has 1 amide bonds. The summed E-state index contributed by atoms with van der Waals surface area (Å²) in [5.74, 6) is 1.28. The van der Waals surface area contributed by atoms with E-state index in [4.69, 9.17) is 27.9 Å². The number of halogens is 2. The van der Waals surface area contributed by atoms with E-state index in [0.717, 1.165) is 19.5 Å². The highest BCUT2D eigenvalue weighted by Gasteiger charge is 2.22. The van der Waals surface area contributed by atoms with Gasteiger partial charge >= 0.3 is 0 Å². The van der Waals surface area contributed by atoms with Crippen molar-refractivity contribution in [3.05, 3.63) is 52.3 Å². The number of hydrogen-bond donors (Lipinski definition) is 1. The van der Waals surface area contributed by atoms with Gasteiger partial charge in [-0.15, -0.1) is 0 Å². The lowest BCUT2D eigenvalue weighted by Crippen LogP contribution is -2.43. The lowest BCUT2D eigenvalue weighted by molar-refractivity contribution is 0.0917. The van der Waals surface area contributed by atoms with E-state index < -0.39 is 0 Å². The maximum Gasteiger partial charge on any atom is 0.270 e. The largest absolute Gasteiger partial charge is 0.457 e. The number of benzene rings is 1. The maximum absolute atomic E-state index is 12.5. The molecule has 1 fully saturated rings. The van der Waals surface area contributed by atoms with E-state index in [0.29, 0.717) is 45.7 Å². The van der Waals surface area contributed by atoms with E-state index in [1.165, 1.54) is 6.42 Å². The van der Waals surface area contributed by atoms with E-state index in [2.05, 4.69) is 29.0 Å². The lowest BCUT2D eigenvalue weighted by atomic mass is 9.97. The molecule has 0 saturated carbocycles. The number of likely N-dealkylation sites (tertiary alicyclic amines) is 1. The standard InChI is InChI=1S/C21H25Cl2N3O2/c1-14(2)26-7-3-4-15(13-26)12-25-21(27)20-11-18(5-6-24-20)28-19-9-16(22)8-17(23)10-19/h5-6,8-11,14-15H,3-4,7,12-13H2,1-2H3,(H,25,27)/t15-/m1/s1. The molecule has 1 aromatic carbocycles. The summed E-state index contributed by atoms with van der Waals surface area (Å²) < 4.78 is 5.77. The number of hydrogen-bond acceptors (Lipinski definition) is 4. The van der Waals surface area contributed by atoms with Gasteiger partial charge in [0.15, 0.2) is 0 Å².